The predicted octanol–water partition coefficient (Wildman–Crippen LogP) is 1.37. The van der Waals surface area contributed by atoms with Crippen LogP contribution in [0, 0.1) is 4.77 Å². The van der Waals surface area contributed by atoms with Gasteiger partial charge in [0, 0.05) is 13.0 Å². The zero-order valence-electron chi connectivity index (χ0n) is 8.12. The van der Waals surface area contributed by atoms with E-state index in [2.05, 4.69) is 15.5 Å². The van der Waals surface area contributed by atoms with Crippen LogP contribution in [0.5, 0.6) is 0 Å². The Morgan fingerprint density at radius 2 is 2.07 bits per heavy atom. The van der Waals surface area contributed by atoms with E-state index in [1.54, 1.807) is 0 Å². The first-order chi connectivity index (χ1) is 6.29. The van der Waals surface area contributed by atoms with Crippen LogP contribution in [0.4, 0.5) is 0 Å². The standard InChI is InChI=1S/C8H14N4S.ClH/c1-12-7(10-11-8(12)13)6-2-4-9-5-3-6;/h6,9H,2-5H2,1H3,(H,11,13);1H. The summed E-state index contributed by atoms with van der Waals surface area (Å²) in [6.07, 6.45) is 2.32. The Balaban J connectivity index is 0.000000980. The van der Waals surface area contributed by atoms with Crippen molar-refractivity contribution in [1.82, 2.24) is 20.1 Å². The average Bonchev–Trinajstić information content (AvgIpc) is 2.49. The lowest BCUT2D eigenvalue weighted by atomic mass is 9.97. The summed E-state index contributed by atoms with van der Waals surface area (Å²) < 4.78 is 2.69. The third kappa shape index (κ3) is 2.16. The van der Waals surface area contributed by atoms with Crippen LogP contribution >= 0.6 is 24.6 Å². The van der Waals surface area contributed by atoms with Gasteiger partial charge in [0.25, 0.3) is 0 Å². The zero-order chi connectivity index (χ0) is 9.26. The second-order valence-electron chi connectivity index (χ2n) is 3.47. The van der Waals surface area contributed by atoms with Gasteiger partial charge in [0.15, 0.2) is 4.77 Å². The highest BCUT2D eigenvalue weighted by Crippen LogP contribution is 2.22. The fourth-order valence-electron chi connectivity index (χ4n) is 1.80. The minimum atomic E-state index is 0. The number of H-pyrrole nitrogens is 1. The third-order valence-corrected chi connectivity index (χ3v) is 2.98. The number of rotatable bonds is 1. The lowest BCUT2D eigenvalue weighted by Crippen LogP contribution is -2.27. The largest absolute Gasteiger partial charge is 0.317 e. The number of halogens is 1. The maximum absolute atomic E-state index is 5.07. The molecule has 6 heteroatoms. The SMILES string of the molecule is Cl.Cn1c(C2CCNCC2)n[nH]c1=S. The van der Waals surface area contributed by atoms with E-state index in [0.717, 1.165) is 31.8 Å². The van der Waals surface area contributed by atoms with Crippen LogP contribution in [-0.2, 0) is 7.05 Å². The first-order valence-electron chi connectivity index (χ1n) is 4.61. The first-order valence-corrected chi connectivity index (χ1v) is 5.02. The van der Waals surface area contributed by atoms with E-state index in [4.69, 9.17) is 12.2 Å². The number of hydrogen-bond donors (Lipinski definition) is 2. The van der Waals surface area contributed by atoms with Crippen molar-refractivity contribution in [2.24, 2.45) is 7.05 Å². The maximum atomic E-state index is 5.07. The van der Waals surface area contributed by atoms with E-state index in [0.29, 0.717) is 10.7 Å². The molecule has 0 amide bonds. The van der Waals surface area contributed by atoms with Gasteiger partial charge in [-0.15, -0.1) is 12.4 Å². The van der Waals surface area contributed by atoms with Crippen molar-refractivity contribution in [3.63, 3.8) is 0 Å². The summed E-state index contributed by atoms with van der Waals surface area (Å²) in [6, 6.07) is 0. The molecule has 0 saturated carbocycles. The van der Waals surface area contributed by atoms with E-state index >= 15 is 0 Å². The molecule has 1 aromatic rings. The van der Waals surface area contributed by atoms with Gasteiger partial charge in [-0.1, -0.05) is 0 Å². The van der Waals surface area contributed by atoms with Crippen LogP contribution in [0.3, 0.4) is 0 Å². The number of aromatic nitrogens is 3. The second-order valence-corrected chi connectivity index (χ2v) is 3.86. The van der Waals surface area contributed by atoms with Crippen LogP contribution in [0.1, 0.15) is 24.6 Å². The molecular formula is C8H15ClN4S. The molecule has 0 aliphatic carbocycles. The van der Waals surface area contributed by atoms with Gasteiger partial charge < -0.3 is 9.88 Å². The molecule has 2 heterocycles. The summed E-state index contributed by atoms with van der Waals surface area (Å²) >= 11 is 5.07. The molecular weight excluding hydrogens is 220 g/mol. The molecule has 80 valence electrons. The highest BCUT2D eigenvalue weighted by Gasteiger charge is 2.19. The molecule has 1 aliphatic rings. The average molecular weight is 235 g/mol. The molecule has 2 rings (SSSR count). The van der Waals surface area contributed by atoms with E-state index in [1.807, 2.05) is 11.6 Å². The number of nitrogens with one attached hydrogen (secondary N) is 2. The molecule has 0 atom stereocenters. The molecule has 0 unspecified atom stereocenters. The fourth-order valence-corrected chi connectivity index (χ4v) is 1.94. The fraction of sp³-hybridized carbons (Fsp3) is 0.750. The van der Waals surface area contributed by atoms with Crippen LogP contribution < -0.4 is 5.32 Å². The molecule has 4 nitrogen and oxygen atoms in total. The van der Waals surface area contributed by atoms with Gasteiger partial charge in [0.05, 0.1) is 0 Å². The van der Waals surface area contributed by atoms with Crippen molar-refractivity contribution in [3.05, 3.63) is 10.6 Å². The minimum Gasteiger partial charge on any atom is -0.317 e. The molecule has 1 saturated heterocycles. The van der Waals surface area contributed by atoms with E-state index < -0.39 is 0 Å². The van der Waals surface area contributed by atoms with Gasteiger partial charge in [-0.2, -0.15) is 5.10 Å². The smallest absolute Gasteiger partial charge is 0.194 e. The lowest BCUT2D eigenvalue weighted by Gasteiger charge is -2.21. The van der Waals surface area contributed by atoms with Crippen molar-refractivity contribution in [1.29, 1.82) is 0 Å². The van der Waals surface area contributed by atoms with E-state index in [1.165, 1.54) is 0 Å². The Kier molecular flexibility index (Phi) is 4.10. The van der Waals surface area contributed by atoms with Gasteiger partial charge in [0.2, 0.25) is 0 Å². The number of aromatic amines is 1. The van der Waals surface area contributed by atoms with E-state index in [-0.39, 0.29) is 12.4 Å². The quantitative estimate of drug-likeness (QED) is 0.722. The van der Waals surface area contributed by atoms with Crippen molar-refractivity contribution >= 4 is 24.6 Å². The summed E-state index contributed by atoms with van der Waals surface area (Å²) in [4.78, 5) is 0. The normalized spacial score (nSPS) is 17.8. The number of hydrogen-bond acceptors (Lipinski definition) is 3. The Hall–Kier alpha value is -0.390. The molecule has 1 aliphatic heterocycles. The van der Waals surface area contributed by atoms with Gasteiger partial charge in [-0.3, -0.25) is 5.10 Å². The zero-order valence-corrected chi connectivity index (χ0v) is 9.75. The summed E-state index contributed by atoms with van der Waals surface area (Å²) in [6.45, 7) is 2.18. The third-order valence-electron chi connectivity index (χ3n) is 2.62. The highest BCUT2D eigenvalue weighted by atomic mass is 35.5. The molecule has 0 bridgehead atoms. The van der Waals surface area contributed by atoms with Crippen molar-refractivity contribution < 1.29 is 0 Å². The summed E-state index contributed by atoms with van der Waals surface area (Å²) in [5.74, 6) is 1.67. The molecule has 0 spiro atoms. The topological polar surface area (TPSA) is 45.6 Å². The predicted molar refractivity (Wildman–Crippen MR) is 60.5 cm³/mol. The second kappa shape index (κ2) is 4.91. The Labute approximate surface area is 94.5 Å². The summed E-state index contributed by atoms with van der Waals surface area (Å²) in [7, 11) is 1.98. The first kappa shape index (κ1) is 11.7. The molecule has 0 aromatic carbocycles. The van der Waals surface area contributed by atoms with Crippen molar-refractivity contribution in [2.45, 2.75) is 18.8 Å². The summed E-state index contributed by atoms with van der Waals surface area (Å²) in [5, 5.41) is 10.4. The Morgan fingerprint density at radius 1 is 1.43 bits per heavy atom. The Morgan fingerprint density at radius 3 is 2.57 bits per heavy atom. The molecule has 2 N–H and O–H groups in total. The van der Waals surface area contributed by atoms with Gasteiger partial charge >= 0.3 is 0 Å². The van der Waals surface area contributed by atoms with Gasteiger partial charge in [-0.05, 0) is 38.1 Å². The monoisotopic (exact) mass is 234 g/mol. The number of piperidine rings is 1. The lowest BCUT2D eigenvalue weighted by molar-refractivity contribution is 0.436. The number of nitrogens with zero attached hydrogens (tertiary/aromatic N) is 2. The maximum Gasteiger partial charge on any atom is 0.194 e. The van der Waals surface area contributed by atoms with Crippen molar-refractivity contribution in [3.8, 4) is 0 Å². The van der Waals surface area contributed by atoms with E-state index in [9.17, 15) is 0 Å². The molecule has 1 fully saturated rings. The highest BCUT2D eigenvalue weighted by molar-refractivity contribution is 7.71. The van der Waals surface area contributed by atoms with Crippen LogP contribution in [0.25, 0.3) is 0 Å². The molecule has 14 heavy (non-hydrogen) atoms. The Bertz CT molecular complexity index is 339. The van der Waals surface area contributed by atoms with Crippen LogP contribution in [-0.4, -0.2) is 27.9 Å². The molecule has 1 aromatic heterocycles. The van der Waals surface area contributed by atoms with Crippen LogP contribution in [0.15, 0.2) is 0 Å². The van der Waals surface area contributed by atoms with Gasteiger partial charge in [0.1, 0.15) is 5.82 Å². The van der Waals surface area contributed by atoms with Crippen LogP contribution in [0.2, 0.25) is 0 Å². The molecule has 0 radical (unpaired) electrons. The summed E-state index contributed by atoms with van der Waals surface area (Å²) in [5.41, 5.74) is 0. The van der Waals surface area contributed by atoms with Gasteiger partial charge in [-0.25, -0.2) is 0 Å². The van der Waals surface area contributed by atoms with Crippen molar-refractivity contribution in [2.75, 3.05) is 13.1 Å². The minimum absolute atomic E-state index is 0.